The number of nitrogens with zero attached hydrogens (tertiary/aromatic N) is 2. The smallest absolute Gasteiger partial charge is 0.159 e. The molecule has 0 amide bonds. The molecular formula is C30H47FN2. The number of aromatic nitrogens is 2. The van der Waals surface area contributed by atoms with Gasteiger partial charge in [-0.3, -0.25) is 0 Å². The summed E-state index contributed by atoms with van der Waals surface area (Å²) in [6.45, 7) is 4.46. The van der Waals surface area contributed by atoms with Gasteiger partial charge in [-0.25, -0.2) is 14.4 Å². The SMILES string of the molecule is CCCCCCCCCCc1cnc(-c2ccc(CCCC(F)CCCCCC)cc2)nc1. The van der Waals surface area contributed by atoms with Crippen LogP contribution in [0.25, 0.3) is 11.4 Å². The molecule has 1 unspecified atom stereocenters. The van der Waals surface area contributed by atoms with Gasteiger partial charge in [0.2, 0.25) is 0 Å². The molecule has 0 saturated heterocycles. The molecule has 33 heavy (non-hydrogen) atoms. The lowest BCUT2D eigenvalue weighted by Gasteiger charge is -2.08. The zero-order chi connectivity index (χ0) is 23.6. The maximum absolute atomic E-state index is 14.0. The number of benzene rings is 1. The van der Waals surface area contributed by atoms with Gasteiger partial charge in [-0.15, -0.1) is 0 Å². The van der Waals surface area contributed by atoms with Gasteiger partial charge in [0.05, 0.1) is 0 Å². The van der Waals surface area contributed by atoms with Gasteiger partial charge in [0.25, 0.3) is 0 Å². The van der Waals surface area contributed by atoms with Crippen LogP contribution in [0.2, 0.25) is 0 Å². The molecule has 0 fully saturated rings. The third kappa shape index (κ3) is 12.3. The predicted molar refractivity (Wildman–Crippen MR) is 140 cm³/mol. The van der Waals surface area contributed by atoms with E-state index in [-0.39, 0.29) is 0 Å². The van der Waals surface area contributed by atoms with E-state index < -0.39 is 6.17 Å². The third-order valence-electron chi connectivity index (χ3n) is 6.59. The number of aryl methyl sites for hydroxylation is 2. The van der Waals surface area contributed by atoms with E-state index >= 15 is 0 Å². The van der Waals surface area contributed by atoms with Crippen LogP contribution in [0.15, 0.2) is 36.7 Å². The van der Waals surface area contributed by atoms with Crippen LogP contribution in [-0.4, -0.2) is 16.1 Å². The van der Waals surface area contributed by atoms with Crippen molar-refractivity contribution in [2.24, 2.45) is 0 Å². The number of alkyl halides is 1. The molecule has 1 aromatic carbocycles. The summed E-state index contributed by atoms with van der Waals surface area (Å²) in [6.07, 6.45) is 23.0. The molecule has 0 saturated carbocycles. The second-order valence-corrected chi connectivity index (χ2v) is 9.68. The maximum Gasteiger partial charge on any atom is 0.159 e. The zero-order valence-electron chi connectivity index (χ0n) is 21.3. The summed E-state index contributed by atoms with van der Waals surface area (Å²) < 4.78 is 14.0. The van der Waals surface area contributed by atoms with E-state index in [1.165, 1.54) is 81.8 Å². The first kappa shape index (κ1) is 27.5. The van der Waals surface area contributed by atoms with Gasteiger partial charge < -0.3 is 0 Å². The van der Waals surface area contributed by atoms with Crippen LogP contribution in [0.5, 0.6) is 0 Å². The lowest BCUT2D eigenvalue weighted by Crippen LogP contribution is -2.01. The molecule has 1 aromatic heterocycles. The molecule has 1 heterocycles. The Morgan fingerprint density at radius 3 is 1.76 bits per heavy atom. The summed E-state index contributed by atoms with van der Waals surface area (Å²) in [5, 5.41) is 0. The van der Waals surface area contributed by atoms with Crippen LogP contribution < -0.4 is 0 Å². The Kier molecular flexibility index (Phi) is 14.7. The van der Waals surface area contributed by atoms with Crippen molar-refractivity contribution >= 4 is 0 Å². The van der Waals surface area contributed by atoms with E-state index in [2.05, 4.69) is 48.1 Å². The molecule has 0 aliphatic heterocycles. The molecule has 2 nitrogen and oxygen atoms in total. The normalized spacial score (nSPS) is 12.2. The molecule has 0 spiro atoms. The molecular weight excluding hydrogens is 407 g/mol. The molecule has 184 valence electrons. The zero-order valence-corrected chi connectivity index (χ0v) is 21.3. The Morgan fingerprint density at radius 1 is 0.606 bits per heavy atom. The number of halogens is 1. The Bertz CT molecular complexity index is 711. The first-order chi connectivity index (χ1) is 16.2. The van der Waals surface area contributed by atoms with E-state index in [0.29, 0.717) is 6.42 Å². The predicted octanol–water partition coefficient (Wildman–Crippen LogP) is 9.46. The Hall–Kier alpha value is -1.77. The first-order valence-corrected chi connectivity index (χ1v) is 13.8. The highest BCUT2D eigenvalue weighted by Crippen LogP contribution is 2.19. The van der Waals surface area contributed by atoms with Gasteiger partial charge in [0, 0.05) is 18.0 Å². The molecule has 0 aliphatic rings. The van der Waals surface area contributed by atoms with Crippen molar-refractivity contribution in [2.45, 2.75) is 129 Å². The summed E-state index contributed by atoms with van der Waals surface area (Å²) in [4.78, 5) is 9.19. The summed E-state index contributed by atoms with van der Waals surface area (Å²) in [7, 11) is 0. The standard InChI is InChI=1S/C30H47FN2/c1-3-5-7-9-10-11-12-13-16-27-24-32-30(33-25-27)28-22-20-26(21-23-28)17-15-19-29(31)18-14-8-6-4-2/h20-25,29H,3-19H2,1-2H3. The van der Waals surface area contributed by atoms with E-state index in [9.17, 15) is 4.39 Å². The summed E-state index contributed by atoms with van der Waals surface area (Å²) in [6, 6.07) is 8.48. The number of rotatable bonds is 19. The van der Waals surface area contributed by atoms with Crippen molar-refractivity contribution in [3.05, 3.63) is 47.8 Å². The van der Waals surface area contributed by atoms with Gasteiger partial charge in [-0.2, -0.15) is 0 Å². The molecule has 3 heteroatoms. The molecule has 0 radical (unpaired) electrons. The number of hydrogen-bond donors (Lipinski definition) is 0. The summed E-state index contributed by atoms with van der Waals surface area (Å²) in [5.74, 6) is 0.789. The quantitative estimate of drug-likeness (QED) is 0.197. The van der Waals surface area contributed by atoms with Crippen molar-refractivity contribution in [3.8, 4) is 11.4 Å². The lowest BCUT2D eigenvalue weighted by molar-refractivity contribution is 0.282. The van der Waals surface area contributed by atoms with Crippen molar-refractivity contribution in [1.29, 1.82) is 0 Å². The van der Waals surface area contributed by atoms with E-state index in [0.717, 1.165) is 43.5 Å². The fraction of sp³-hybridized carbons (Fsp3) is 0.667. The van der Waals surface area contributed by atoms with Crippen molar-refractivity contribution in [1.82, 2.24) is 9.97 Å². The van der Waals surface area contributed by atoms with E-state index in [1.807, 2.05) is 12.4 Å². The van der Waals surface area contributed by atoms with Crippen LogP contribution in [0.3, 0.4) is 0 Å². The van der Waals surface area contributed by atoms with Crippen molar-refractivity contribution in [3.63, 3.8) is 0 Å². The monoisotopic (exact) mass is 454 g/mol. The van der Waals surface area contributed by atoms with Crippen LogP contribution in [0.4, 0.5) is 4.39 Å². The topological polar surface area (TPSA) is 25.8 Å². The Labute approximate surface area is 202 Å². The molecule has 1 atom stereocenters. The molecule has 0 aliphatic carbocycles. The van der Waals surface area contributed by atoms with Gasteiger partial charge in [0.15, 0.2) is 5.82 Å². The molecule has 0 N–H and O–H groups in total. The van der Waals surface area contributed by atoms with E-state index in [4.69, 9.17) is 0 Å². The summed E-state index contributed by atoms with van der Waals surface area (Å²) in [5.41, 5.74) is 3.55. The number of hydrogen-bond acceptors (Lipinski definition) is 2. The fourth-order valence-electron chi connectivity index (χ4n) is 4.38. The fourth-order valence-corrected chi connectivity index (χ4v) is 4.38. The van der Waals surface area contributed by atoms with Gasteiger partial charge in [-0.1, -0.05) is 109 Å². The minimum absolute atomic E-state index is 0.640. The third-order valence-corrected chi connectivity index (χ3v) is 6.59. The van der Waals surface area contributed by atoms with Crippen LogP contribution >= 0.6 is 0 Å². The van der Waals surface area contributed by atoms with E-state index in [1.54, 1.807) is 0 Å². The molecule has 2 aromatic rings. The van der Waals surface area contributed by atoms with Crippen LogP contribution in [-0.2, 0) is 12.8 Å². The van der Waals surface area contributed by atoms with Gasteiger partial charge in [0.1, 0.15) is 6.17 Å². The van der Waals surface area contributed by atoms with Gasteiger partial charge in [-0.05, 0) is 49.7 Å². The average molecular weight is 455 g/mol. The molecule has 2 rings (SSSR count). The number of unbranched alkanes of at least 4 members (excludes halogenated alkanes) is 10. The Balaban J connectivity index is 1.64. The largest absolute Gasteiger partial charge is 0.247 e. The van der Waals surface area contributed by atoms with Crippen molar-refractivity contribution in [2.75, 3.05) is 0 Å². The van der Waals surface area contributed by atoms with Crippen LogP contribution in [0.1, 0.15) is 121 Å². The highest BCUT2D eigenvalue weighted by molar-refractivity contribution is 5.55. The summed E-state index contributed by atoms with van der Waals surface area (Å²) >= 11 is 0. The minimum atomic E-state index is -0.640. The minimum Gasteiger partial charge on any atom is -0.247 e. The second-order valence-electron chi connectivity index (χ2n) is 9.68. The van der Waals surface area contributed by atoms with Crippen molar-refractivity contribution < 1.29 is 4.39 Å². The average Bonchev–Trinajstić information content (AvgIpc) is 2.84. The van der Waals surface area contributed by atoms with Crippen LogP contribution in [0, 0.1) is 0 Å². The maximum atomic E-state index is 14.0. The second kappa shape index (κ2) is 17.7. The highest BCUT2D eigenvalue weighted by atomic mass is 19.1. The Morgan fingerprint density at radius 2 is 1.12 bits per heavy atom. The highest BCUT2D eigenvalue weighted by Gasteiger charge is 2.07. The first-order valence-electron chi connectivity index (χ1n) is 13.8. The lowest BCUT2D eigenvalue weighted by atomic mass is 10.0. The van der Waals surface area contributed by atoms with Gasteiger partial charge >= 0.3 is 0 Å². The molecule has 0 bridgehead atoms.